The van der Waals surface area contributed by atoms with E-state index in [0.717, 1.165) is 0 Å². The minimum atomic E-state index is -4.43. The number of methoxy groups -OCH3 is 1. The maximum Gasteiger partial charge on any atom is 0.422 e. The fourth-order valence-corrected chi connectivity index (χ4v) is 2.25. The number of allylic oxidation sites excluding steroid dienone is 1. The van der Waals surface area contributed by atoms with Gasteiger partial charge in [0, 0.05) is 5.70 Å². The van der Waals surface area contributed by atoms with Gasteiger partial charge in [0.25, 0.3) is 0 Å². The van der Waals surface area contributed by atoms with Crippen LogP contribution in [-0.4, -0.2) is 31.9 Å². The van der Waals surface area contributed by atoms with Gasteiger partial charge in [0.15, 0.2) is 6.61 Å². The normalized spacial score (nSPS) is 17.9. The van der Waals surface area contributed by atoms with Crippen molar-refractivity contribution >= 4 is 12.0 Å². The number of carbonyl (C=O) groups is 2. The number of rotatable bonds is 4. The number of carbonyl (C=O) groups excluding carboxylic acids is 2. The largest absolute Gasteiger partial charge is 0.484 e. The average molecular weight is 344 g/mol. The first kappa shape index (κ1) is 17.6. The maximum atomic E-state index is 12.1. The minimum absolute atomic E-state index is 0.0247. The molecule has 9 heteroatoms. The van der Waals surface area contributed by atoms with Crippen molar-refractivity contribution in [2.75, 3.05) is 13.7 Å². The second-order valence-electron chi connectivity index (χ2n) is 5.03. The summed E-state index contributed by atoms with van der Waals surface area (Å²) in [5.41, 5.74) is 1.05. The molecule has 2 N–H and O–H groups in total. The summed E-state index contributed by atoms with van der Waals surface area (Å²) in [6.45, 7) is 0.154. The zero-order valence-corrected chi connectivity index (χ0v) is 12.9. The predicted molar refractivity (Wildman–Crippen MR) is 77.1 cm³/mol. The number of nitrogens with one attached hydrogen (secondary N) is 2. The molecular formula is C15H15F3N2O4. The minimum Gasteiger partial charge on any atom is -0.484 e. The van der Waals surface area contributed by atoms with Crippen LogP contribution in [0.5, 0.6) is 5.75 Å². The molecule has 0 spiro atoms. The van der Waals surface area contributed by atoms with E-state index in [2.05, 4.69) is 15.4 Å². The highest BCUT2D eigenvalue weighted by Gasteiger charge is 2.32. The molecule has 0 aromatic heterocycles. The molecule has 1 heterocycles. The number of ether oxygens (including phenoxy) is 2. The first-order valence-corrected chi connectivity index (χ1v) is 6.87. The molecule has 2 rings (SSSR count). The van der Waals surface area contributed by atoms with Crippen LogP contribution in [0.1, 0.15) is 18.5 Å². The van der Waals surface area contributed by atoms with Crippen LogP contribution in [0.3, 0.4) is 0 Å². The smallest absolute Gasteiger partial charge is 0.422 e. The van der Waals surface area contributed by atoms with E-state index in [9.17, 15) is 22.8 Å². The van der Waals surface area contributed by atoms with Gasteiger partial charge >= 0.3 is 18.2 Å². The van der Waals surface area contributed by atoms with Crippen LogP contribution in [0.25, 0.3) is 0 Å². The Hall–Kier alpha value is -2.71. The summed E-state index contributed by atoms with van der Waals surface area (Å²) in [5, 5.41) is 5.05. The van der Waals surface area contributed by atoms with Gasteiger partial charge in [0.2, 0.25) is 0 Å². The van der Waals surface area contributed by atoms with E-state index >= 15 is 0 Å². The number of alkyl halides is 3. The molecule has 0 bridgehead atoms. The second kappa shape index (κ2) is 6.81. The number of hydrogen-bond acceptors (Lipinski definition) is 4. The van der Waals surface area contributed by atoms with Gasteiger partial charge in [-0.2, -0.15) is 13.2 Å². The fourth-order valence-electron chi connectivity index (χ4n) is 2.25. The Kier molecular flexibility index (Phi) is 5.01. The summed E-state index contributed by atoms with van der Waals surface area (Å²) >= 11 is 0. The monoisotopic (exact) mass is 344 g/mol. The fraction of sp³-hybridized carbons (Fsp3) is 0.333. The summed E-state index contributed by atoms with van der Waals surface area (Å²) in [6.07, 6.45) is -4.43. The van der Waals surface area contributed by atoms with Crippen molar-refractivity contribution in [1.82, 2.24) is 10.6 Å². The third-order valence-electron chi connectivity index (χ3n) is 3.29. The Morgan fingerprint density at radius 3 is 2.42 bits per heavy atom. The van der Waals surface area contributed by atoms with Crippen molar-refractivity contribution in [2.45, 2.75) is 19.1 Å². The molecule has 1 aliphatic heterocycles. The summed E-state index contributed by atoms with van der Waals surface area (Å²) in [4.78, 5) is 23.6. The molecule has 2 amide bonds. The number of halogens is 3. The van der Waals surface area contributed by atoms with E-state index in [-0.39, 0.29) is 11.3 Å². The Morgan fingerprint density at radius 2 is 1.88 bits per heavy atom. The first-order chi connectivity index (χ1) is 11.2. The molecule has 0 saturated heterocycles. The van der Waals surface area contributed by atoms with Gasteiger partial charge in [-0.15, -0.1) is 0 Å². The number of hydrogen-bond donors (Lipinski definition) is 2. The Bertz CT molecular complexity index is 668. The lowest BCUT2D eigenvalue weighted by atomic mass is 9.95. The van der Waals surface area contributed by atoms with Gasteiger partial charge in [-0.25, -0.2) is 9.59 Å². The average Bonchev–Trinajstić information content (AvgIpc) is 2.51. The van der Waals surface area contributed by atoms with Gasteiger partial charge in [-0.05, 0) is 24.6 Å². The Labute approximate surface area is 135 Å². The van der Waals surface area contributed by atoms with Crippen molar-refractivity contribution in [1.29, 1.82) is 0 Å². The molecule has 0 aliphatic carbocycles. The maximum absolute atomic E-state index is 12.1. The first-order valence-electron chi connectivity index (χ1n) is 6.87. The molecule has 0 saturated carbocycles. The van der Waals surface area contributed by atoms with Gasteiger partial charge in [-0.1, -0.05) is 12.1 Å². The molecule has 1 aromatic carbocycles. The van der Waals surface area contributed by atoms with E-state index in [4.69, 9.17) is 4.74 Å². The van der Waals surface area contributed by atoms with Gasteiger partial charge in [0.1, 0.15) is 5.75 Å². The van der Waals surface area contributed by atoms with Gasteiger partial charge in [-0.3, -0.25) is 0 Å². The van der Waals surface area contributed by atoms with Crippen LogP contribution in [0.2, 0.25) is 0 Å². The lowest BCUT2D eigenvalue weighted by Crippen LogP contribution is -2.45. The van der Waals surface area contributed by atoms with Crippen LogP contribution in [0.15, 0.2) is 35.5 Å². The second-order valence-corrected chi connectivity index (χ2v) is 5.03. The molecule has 6 nitrogen and oxygen atoms in total. The summed E-state index contributed by atoms with van der Waals surface area (Å²) in [5.74, 6) is -0.598. The molecule has 130 valence electrons. The van der Waals surface area contributed by atoms with Crippen molar-refractivity contribution in [3.63, 3.8) is 0 Å². The summed E-state index contributed by atoms with van der Waals surface area (Å²) < 4.78 is 45.8. The molecular weight excluding hydrogens is 329 g/mol. The van der Waals surface area contributed by atoms with E-state index < -0.39 is 30.8 Å². The lowest BCUT2D eigenvalue weighted by molar-refractivity contribution is -0.153. The number of urea groups is 1. The molecule has 1 atom stereocenters. The number of amides is 2. The standard InChI is InChI=1S/C15H15F3N2O4/c1-8-11(13(21)23-2)12(20-14(22)19-8)9-3-5-10(6-4-9)24-7-15(16,17)18/h3-6,12H,7H2,1-2H3,(H2,19,20,22)/t12-/m0/s1. The Balaban J connectivity index is 2.24. The van der Waals surface area contributed by atoms with Crippen molar-refractivity contribution in [3.8, 4) is 5.75 Å². The zero-order chi connectivity index (χ0) is 17.9. The van der Waals surface area contributed by atoms with Crippen molar-refractivity contribution < 1.29 is 32.2 Å². The molecule has 0 unspecified atom stereocenters. The van der Waals surface area contributed by atoms with Crippen LogP contribution in [0, 0.1) is 0 Å². The zero-order valence-electron chi connectivity index (χ0n) is 12.9. The van der Waals surface area contributed by atoms with Crippen LogP contribution < -0.4 is 15.4 Å². The molecule has 24 heavy (non-hydrogen) atoms. The van der Waals surface area contributed by atoms with E-state index in [1.54, 1.807) is 6.92 Å². The molecule has 1 aliphatic rings. The number of esters is 1. The van der Waals surface area contributed by atoms with Crippen LogP contribution >= 0.6 is 0 Å². The third kappa shape index (κ3) is 4.18. The summed E-state index contributed by atoms with van der Waals surface area (Å²) in [7, 11) is 1.21. The molecule has 1 aromatic rings. The topological polar surface area (TPSA) is 76.7 Å². The van der Waals surface area contributed by atoms with Gasteiger partial charge in [0.05, 0.1) is 18.7 Å². The van der Waals surface area contributed by atoms with E-state index in [1.807, 2.05) is 0 Å². The van der Waals surface area contributed by atoms with Crippen molar-refractivity contribution in [2.24, 2.45) is 0 Å². The Morgan fingerprint density at radius 1 is 1.25 bits per heavy atom. The highest BCUT2D eigenvalue weighted by Crippen LogP contribution is 2.29. The molecule has 0 radical (unpaired) electrons. The van der Waals surface area contributed by atoms with Crippen molar-refractivity contribution in [3.05, 3.63) is 41.1 Å². The predicted octanol–water partition coefficient (Wildman–Crippen LogP) is 2.43. The van der Waals surface area contributed by atoms with Gasteiger partial charge < -0.3 is 20.1 Å². The van der Waals surface area contributed by atoms with E-state index in [0.29, 0.717) is 11.3 Å². The highest BCUT2D eigenvalue weighted by atomic mass is 19.4. The lowest BCUT2D eigenvalue weighted by Gasteiger charge is -2.27. The SMILES string of the molecule is COC(=O)C1=C(C)NC(=O)N[C@H]1c1ccc(OCC(F)(F)F)cc1. The van der Waals surface area contributed by atoms with Crippen LogP contribution in [0.4, 0.5) is 18.0 Å². The quantitative estimate of drug-likeness (QED) is 0.823. The van der Waals surface area contributed by atoms with E-state index in [1.165, 1.54) is 31.4 Å². The number of benzene rings is 1. The highest BCUT2D eigenvalue weighted by molar-refractivity contribution is 5.94. The third-order valence-corrected chi connectivity index (χ3v) is 3.29. The summed E-state index contributed by atoms with van der Waals surface area (Å²) in [6, 6.07) is 4.33. The molecule has 0 fully saturated rings. The van der Waals surface area contributed by atoms with Crippen LogP contribution in [-0.2, 0) is 9.53 Å².